The van der Waals surface area contributed by atoms with Crippen LogP contribution in [0.3, 0.4) is 0 Å². The van der Waals surface area contributed by atoms with Crippen LogP contribution in [-0.4, -0.2) is 25.0 Å². The predicted octanol–water partition coefficient (Wildman–Crippen LogP) is 1.71. The Kier molecular flexibility index (Phi) is 3.14. The van der Waals surface area contributed by atoms with Gasteiger partial charge in [0.25, 0.3) is 0 Å². The van der Waals surface area contributed by atoms with Crippen molar-refractivity contribution in [3.63, 3.8) is 0 Å². The summed E-state index contributed by atoms with van der Waals surface area (Å²) in [5.74, 6) is -0.498. The van der Waals surface area contributed by atoms with Crippen molar-refractivity contribution in [2.45, 2.75) is 25.3 Å². The number of nitrogens with one attached hydrogen (secondary N) is 1. The molecule has 1 saturated heterocycles. The van der Waals surface area contributed by atoms with Gasteiger partial charge in [0.2, 0.25) is 5.91 Å². The van der Waals surface area contributed by atoms with E-state index in [1.54, 1.807) is 12.1 Å². The molecule has 0 spiro atoms. The van der Waals surface area contributed by atoms with Crippen LogP contribution in [0.5, 0.6) is 0 Å². The van der Waals surface area contributed by atoms with Gasteiger partial charge in [0.05, 0.1) is 11.6 Å². The van der Waals surface area contributed by atoms with Crippen molar-refractivity contribution in [1.29, 1.82) is 0 Å². The summed E-state index contributed by atoms with van der Waals surface area (Å²) in [5.41, 5.74) is 6.74. The third-order valence-corrected chi connectivity index (χ3v) is 3.84. The van der Waals surface area contributed by atoms with Crippen molar-refractivity contribution in [1.82, 2.24) is 0 Å². The molecule has 1 aromatic rings. The highest BCUT2D eigenvalue weighted by molar-refractivity contribution is 5.95. The van der Waals surface area contributed by atoms with E-state index in [1.807, 2.05) is 4.90 Å². The lowest BCUT2D eigenvalue weighted by atomic mass is 10.2. The average Bonchev–Trinajstić information content (AvgIpc) is 2.90. The van der Waals surface area contributed by atoms with Gasteiger partial charge in [0.1, 0.15) is 5.82 Å². The molecule has 3 rings (SSSR count). The van der Waals surface area contributed by atoms with E-state index >= 15 is 0 Å². The van der Waals surface area contributed by atoms with Gasteiger partial charge in [-0.15, -0.1) is 0 Å². The number of benzene rings is 1. The second kappa shape index (κ2) is 4.81. The minimum atomic E-state index is -0.278. The van der Waals surface area contributed by atoms with E-state index in [4.69, 9.17) is 5.73 Å². The number of rotatable bonds is 3. The first-order valence-corrected chi connectivity index (χ1v) is 6.76. The van der Waals surface area contributed by atoms with Crippen molar-refractivity contribution < 1.29 is 9.18 Å². The zero-order valence-corrected chi connectivity index (χ0v) is 10.7. The number of amides is 1. The fraction of sp³-hybridized carbons (Fsp3) is 0.500. The van der Waals surface area contributed by atoms with Gasteiger partial charge in [-0.05, 0) is 37.5 Å². The number of hydrogen-bond acceptors (Lipinski definition) is 3. The molecule has 1 amide bonds. The van der Waals surface area contributed by atoms with Crippen LogP contribution in [-0.2, 0) is 4.79 Å². The molecule has 2 aliphatic rings. The lowest BCUT2D eigenvalue weighted by Gasteiger charge is -2.18. The van der Waals surface area contributed by atoms with Gasteiger partial charge in [-0.1, -0.05) is 0 Å². The topological polar surface area (TPSA) is 58.4 Å². The van der Waals surface area contributed by atoms with Crippen LogP contribution < -0.4 is 16.0 Å². The van der Waals surface area contributed by atoms with Crippen LogP contribution in [0.2, 0.25) is 0 Å². The van der Waals surface area contributed by atoms with Crippen molar-refractivity contribution in [2.75, 3.05) is 23.3 Å². The molecular formula is C14H18FN3O. The average molecular weight is 263 g/mol. The van der Waals surface area contributed by atoms with Crippen molar-refractivity contribution >= 4 is 17.3 Å². The molecule has 1 aromatic carbocycles. The highest BCUT2D eigenvalue weighted by Crippen LogP contribution is 2.30. The normalized spacial score (nSPS) is 25.5. The second-order valence-electron chi connectivity index (χ2n) is 5.36. The Morgan fingerprint density at radius 1 is 1.37 bits per heavy atom. The highest BCUT2D eigenvalue weighted by Gasteiger charge is 2.40. The lowest BCUT2D eigenvalue weighted by Crippen LogP contribution is -2.20. The van der Waals surface area contributed by atoms with E-state index in [1.165, 1.54) is 6.07 Å². The summed E-state index contributed by atoms with van der Waals surface area (Å²) in [5, 5.41) is 2.72. The van der Waals surface area contributed by atoms with Crippen LogP contribution >= 0.6 is 0 Å². The van der Waals surface area contributed by atoms with E-state index in [2.05, 4.69) is 5.32 Å². The fourth-order valence-electron chi connectivity index (χ4n) is 2.55. The van der Waals surface area contributed by atoms with Gasteiger partial charge in [0.15, 0.2) is 0 Å². The van der Waals surface area contributed by atoms with Crippen LogP contribution in [0.4, 0.5) is 15.8 Å². The summed E-state index contributed by atoms with van der Waals surface area (Å²) in [7, 11) is 0. The van der Waals surface area contributed by atoms with Gasteiger partial charge in [-0.25, -0.2) is 4.39 Å². The molecule has 5 heteroatoms. The number of carbonyl (C=O) groups excluding carboxylic acids is 1. The first-order chi connectivity index (χ1) is 9.15. The van der Waals surface area contributed by atoms with E-state index < -0.39 is 0 Å². The molecule has 2 unspecified atom stereocenters. The van der Waals surface area contributed by atoms with E-state index in [0.29, 0.717) is 11.4 Å². The molecule has 1 saturated carbocycles. The molecule has 0 radical (unpaired) electrons. The van der Waals surface area contributed by atoms with E-state index in [9.17, 15) is 9.18 Å². The molecule has 1 aliphatic carbocycles. The zero-order chi connectivity index (χ0) is 13.4. The Hall–Kier alpha value is -1.62. The molecule has 19 heavy (non-hydrogen) atoms. The summed E-state index contributed by atoms with van der Waals surface area (Å²) < 4.78 is 14.0. The number of hydrogen-bond donors (Lipinski definition) is 2. The van der Waals surface area contributed by atoms with Gasteiger partial charge >= 0.3 is 0 Å². The third kappa shape index (κ3) is 2.56. The summed E-state index contributed by atoms with van der Waals surface area (Å²) in [6.45, 7) is 1.80. The SMILES string of the molecule is NC1CC1C(=O)Nc1ccc(N2CCCC2)c(F)c1. The fourth-order valence-corrected chi connectivity index (χ4v) is 2.55. The van der Waals surface area contributed by atoms with Crippen molar-refractivity contribution in [3.8, 4) is 0 Å². The maximum Gasteiger partial charge on any atom is 0.229 e. The highest BCUT2D eigenvalue weighted by atomic mass is 19.1. The minimum Gasteiger partial charge on any atom is -0.369 e. The molecule has 0 bridgehead atoms. The number of carbonyl (C=O) groups is 1. The van der Waals surface area contributed by atoms with Gasteiger partial charge in [-0.3, -0.25) is 4.79 Å². The lowest BCUT2D eigenvalue weighted by molar-refractivity contribution is -0.117. The van der Waals surface area contributed by atoms with Crippen LogP contribution in [0.15, 0.2) is 18.2 Å². The Morgan fingerprint density at radius 3 is 2.63 bits per heavy atom. The predicted molar refractivity (Wildman–Crippen MR) is 72.6 cm³/mol. The summed E-state index contributed by atoms with van der Waals surface area (Å²) in [6.07, 6.45) is 2.94. The van der Waals surface area contributed by atoms with Gasteiger partial charge in [0, 0.05) is 24.8 Å². The largest absolute Gasteiger partial charge is 0.369 e. The van der Waals surface area contributed by atoms with Crippen LogP contribution in [0, 0.1) is 11.7 Å². The summed E-state index contributed by atoms with van der Waals surface area (Å²) in [4.78, 5) is 13.8. The van der Waals surface area contributed by atoms with Gasteiger partial charge in [-0.2, -0.15) is 0 Å². The monoisotopic (exact) mass is 263 g/mol. The molecular weight excluding hydrogens is 245 g/mol. The number of halogens is 1. The van der Waals surface area contributed by atoms with E-state index in [-0.39, 0.29) is 23.7 Å². The maximum absolute atomic E-state index is 14.0. The van der Waals surface area contributed by atoms with Crippen molar-refractivity contribution in [2.24, 2.45) is 11.7 Å². The van der Waals surface area contributed by atoms with Crippen LogP contribution in [0.1, 0.15) is 19.3 Å². The Bertz CT molecular complexity index is 499. The second-order valence-corrected chi connectivity index (χ2v) is 5.36. The smallest absolute Gasteiger partial charge is 0.229 e. The number of anilines is 2. The number of nitrogens with two attached hydrogens (primary N) is 1. The molecule has 4 nitrogen and oxygen atoms in total. The minimum absolute atomic E-state index is 0.0336. The molecule has 2 atom stereocenters. The Balaban J connectivity index is 1.70. The van der Waals surface area contributed by atoms with Crippen molar-refractivity contribution in [3.05, 3.63) is 24.0 Å². The molecule has 0 aromatic heterocycles. The molecule has 1 heterocycles. The zero-order valence-electron chi connectivity index (χ0n) is 10.7. The molecule has 102 valence electrons. The first kappa shape index (κ1) is 12.4. The summed E-state index contributed by atoms with van der Waals surface area (Å²) >= 11 is 0. The third-order valence-electron chi connectivity index (χ3n) is 3.84. The van der Waals surface area contributed by atoms with Crippen LogP contribution in [0.25, 0.3) is 0 Å². The quantitative estimate of drug-likeness (QED) is 0.873. The Morgan fingerprint density at radius 2 is 2.05 bits per heavy atom. The first-order valence-electron chi connectivity index (χ1n) is 6.76. The number of nitrogens with zero attached hydrogens (tertiary/aromatic N) is 1. The Labute approximate surface area is 111 Å². The summed E-state index contributed by atoms with van der Waals surface area (Å²) in [6, 6.07) is 4.85. The standard InChI is InChI=1S/C14H18FN3O/c15-11-7-9(17-14(19)10-8-12(10)16)3-4-13(11)18-5-1-2-6-18/h3-4,7,10,12H,1-2,5-6,8,16H2,(H,17,19). The maximum atomic E-state index is 14.0. The molecule has 2 fully saturated rings. The molecule has 3 N–H and O–H groups in total. The molecule has 1 aliphatic heterocycles. The van der Waals surface area contributed by atoms with Gasteiger partial charge < -0.3 is 16.0 Å². The van der Waals surface area contributed by atoms with E-state index in [0.717, 1.165) is 32.4 Å².